The summed E-state index contributed by atoms with van der Waals surface area (Å²) in [4.78, 5) is 22.5. The zero-order valence-corrected chi connectivity index (χ0v) is 25.5. The second kappa shape index (κ2) is 11.9. The number of nitrogens with zero attached hydrogens (tertiary/aromatic N) is 6. The van der Waals surface area contributed by atoms with Crippen LogP contribution in [-0.2, 0) is 21.1 Å². The van der Waals surface area contributed by atoms with Gasteiger partial charge in [-0.25, -0.2) is 14.4 Å². The molecule has 0 bridgehead atoms. The molecule has 1 saturated carbocycles. The zero-order valence-electron chi connectivity index (χ0n) is 24.7. The molecule has 15 heteroatoms. The predicted octanol–water partition coefficient (Wildman–Crippen LogP) is 3.54. The van der Waals surface area contributed by atoms with E-state index in [1.165, 1.54) is 30.9 Å². The highest BCUT2D eigenvalue weighted by molar-refractivity contribution is 7.87. The van der Waals surface area contributed by atoms with Crippen molar-refractivity contribution in [3.63, 3.8) is 0 Å². The largest absolute Gasteiger partial charge is 0.416 e. The van der Waals surface area contributed by atoms with Crippen LogP contribution in [0.15, 0.2) is 30.3 Å². The van der Waals surface area contributed by atoms with Crippen molar-refractivity contribution in [1.29, 1.82) is 0 Å². The molecule has 238 valence electrons. The molecule has 0 unspecified atom stereocenters. The van der Waals surface area contributed by atoms with Crippen LogP contribution in [0.25, 0.3) is 16.7 Å². The molecule has 11 nitrogen and oxygen atoms in total. The number of halogens is 3. The third kappa shape index (κ3) is 6.02. The molecular weight excluding hydrogens is 599 g/mol. The van der Waals surface area contributed by atoms with E-state index in [4.69, 9.17) is 9.84 Å². The van der Waals surface area contributed by atoms with Gasteiger partial charge < -0.3 is 9.64 Å². The minimum atomic E-state index is -4.56. The number of morpholine rings is 1. The van der Waals surface area contributed by atoms with E-state index in [9.17, 15) is 26.4 Å². The van der Waals surface area contributed by atoms with Gasteiger partial charge in [-0.05, 0) is 49.9 Å². The highest BCUT2D eigenvalue weighted by Gasteiger charge is 2.34. The maximum Gasteiger partial charge on any atom is 0.416 e. The van der Waals surface area contributed by atoms with Crippen LogP contribution in [-0.4, -0.2) is 97.8 Å². The predicted molar refractivity (Wildman–Crippen MR) is 158 cm³/mol. The topological polar surface area (TPSA) is 113 Å². The third-order valence-corrected chi connectivity index (χ3v) is 10.3. The van der Waals surface area contributed by atoms with Crippen LogP contribution in [0.4, 0.5) is 18.9 Å². The van der Waals surface area contributed by atoms with Gasteiger partial charge in [0.05, 0.1) is 41.2 Å². The number of aromatic nitrogens is 3. The average molecular weight is 636 g/mol. The normalized spacial score (nSPS) is 19.5. The molecule has 0 spiro atoms. The van der Waals surface area contributed by atoms with Crippen LogP contribution in [0, 0.1) is 0 Å². The van der Waals surface area contributed by atoms with Gasteiger partial charge in [-0.2, -0.15) is 31.0 Å². The van der Waals surface area contributed by atoms with Crippen molar-refractivity contribution in [2.75, 3.05) is 58.4 Å². The van der Waals surface area contributed by atoms with Crippen molar-refractivity contribution in [1.82, 2.24) is 28.7 Å². The van der Waals surface area contributed by atoms with Crippen molar-refractivity contribution in [2.24, 2.45) is 0 Å². The fourth-order valence-electron chi connectivity index (χ4n) is 6.13. The quantitative estimate of drug-likeness (QED) is 0.420. The summed E-state index contributed by atoms with van der Waals surface area (Å²) in [6.45, 7) is 4.53. The van der Waals surface area contributed by atoms with Crippen LogP contribution in [0.5, 0.6) is 0 Å². The van der Waals surface area contributed by atoms with Gasteiger partial charge in [-0.15, -0.1) is 0 Å². The number of pyridine rings is 1. The molecule has 0 atom stereocenters. The summed E-state index contributed by atoms with van der Waals surface area (Å²) in [5, 5.41) is 5.52. The molecule has 1 aliphatic carbocycles. The van der Waals surface area contributed by atoms with E-state index in [2.05, 4.69) is 14.8 Å². The molecular formula is C29H36F3N7O4S. The number of carbonyl (C=O) groups is 1. The van der Waals surface area contributed by atoms with Gasteiger partial charge in [0.25, 0.3) is 5.91 Å². The number of piperidine rings is 1. The molecule has 0 radical (unpaired) electrons. The molecule has 4 heterocycles. The molecule has 6 rings (SSSR count). The van der Waals surface area contributed by atoms with Crippen LogP contribution >= 0.6 is 0 Å². The lowest BCUT2D eigenvalue weighted by Gasteiger charge is -2.41. The molecule has 3 aromatic rings. The highest BCUT2D eigenvalue weighted by Crippen LogP contribution is 2.43. The van der Waals surface area contributed by atoms with Gasteiger partial charge in [0.15, 0.2) is 5.65 Å². The van der Waals surface area contributed by atoms with Crippen molar-refractivity contribution in [3.8, 4) is 5.69 Å². The maximum absolute atomic E-state index is 13.7. The van der Waals surface area contributed by atoms with E-state index >= 15 is 0 Å². The second-order valence-electron chi connectivity index (χ2n) is 11.8. The summed E-state index contributed by atoms with van der Waals surface area (Å²) < 4.78 is 75.9. The second-order valence-corrected chi connectivity index (χ2v) is 13.7. The first-order valence-corrected chi connectivity index (χ1v) is 16.3. The number of fused-ring (bicyclic) bond motifs is 1. The van der Waals surface area contributed by atoms with Crippen LogP contribution in [0.3, 0.4) is 0 Å². The maximum atomic E-state index is 13.7. The lowest BCUT2D eigenvalue weighted by atomic mass is 9.82. The minimum absolute atomic E-state index is 0.102. The monoisotopic (exact) mass is 635 g/mol. The minimum Gasteiger partial charge on any atom is -0.379 e. The lowest BCUT2D eigenvalue weighted by molar-refractivity contribution is -0.137. The van der Waals surface area contributed by atoms with E-state index in [1.807, 2.05) is 4.72 Å². The summed E-state index contributed by atoms with van der Waals surface area (Å²) in [5.74, 6) is -0.836. The van der Waals surface area contributed by atoms with Crippen LogP contribution < -0.4 is 9.62 Å². The smallest absolute Gasteiger partial charge is 0.379 e. The van der Waals surface area contributed by atoms with Crippen molar-refractivity contribution >= 4 is 32.8 Å². The van der Waals surface area contributed by atoms with Gasteiger partial charge in [0.2, 0.25) is 0 Å². The zero-order chi connectivity index (χ0) is 31.2. The van der Waals surface area contributed by atoms with Crippen molar-refractivity contribution < 1.29 is 31.1 Å². The summed E-state index contributed by atoms with van der Waals surface area (Å²) in [6, 6.07) is 6.81. The Balaban J connectivity index is 1.47. The number of benzene rings is 1. The molecule has 2 saturated heterocycles. The summed E-state index contributed by atoms with van der Waals surface area (Å²) in [7, 11) is -1.54. The first-order valence-electron chi connectivity index (χ1n) is 14.8. The third-order valence-electron chi connectivity index (χ3n) is 8.86. The lowest BCUT2D eigenvalue weighted by Crippen LogP contribution is -2.49. The Labute approximate surface area is 254 Å². The number of rotatable bonds is 7. The van der Waals surface area contributed by atoms with Gasteiger partial charge in [-0.3, -0.25) is 9.69 Å². The van der Waals surface area contributed by atoms with E-state index in [0.717, 1.165) is 67.3 Å². The van der Waals surface area contributed by atoms with E-state index < -0.39 is 27.9 Å². The molecule has 2 aliphatic heterocycles. The van der Waals surface area contributed by atoms with E-state index in [0.29, 0.717) is 43.4 Å². The Bertz CT molecular complexity index is 1640. The van der Waals surface area contributed by atoms with E-state index in [-0.39, 0.29) is 22.9 Å². The Morgan fingerprint density at radius 3 is 2.36 bits per heavy atom. The molecule has 2 aromatic heterocycles. The van der Waals surface area contributed by atoms with Gasteiger partial charge in [-0.1, -0.05) is 12.5 Å². The number of hydrogen-bond donors (Lipinski definition) is 1. The van der Waals surface area contributed by atoms with Crippen molar-refractivity contribution in [2.45, 2.75) is 50.2 Å². The highest BCUT2D eigenvalue weighted by atomic mass is 32.2. The standard InChI is InChI=1S/C29H36F3N7O4S/c1-36(2)44(41,42)35-28(40)23-18-24(38-11-9-21(10-12-38)37-13-15-43-16-14-37)25-26(19-5-3-6-19)34-39(27(25)33-23)22-8-4-7-20(17-22)29(30,31)32/h4,7-8,17-19,21H,3,5-6,9-16H2,1-2H3,(H,35,40). The number of amides is 1. The molecule has 1 aromatic carbocycles. The number of carbonyl (C=O) groups excluding carboxylic acids is 1. The number of hydrogen-bond acceptors (Lipinski definition) is 8. The Morgan fingerprint density at radius 2 is 1.75 bits per heavy atom. The first-order chi connectivity index (χ1) is 20.9. The Morgan fingerprint density at radius 1 is 1.05 bits per heavy atom. The van der Waals surface area contributed by atoms with Gasteiger partial charge in [0.1, 0.15) is 5.69 Å². The van der Waals surface area contributed by atoms with Gasteiger partial charge >= 0.3 is 16.4 Å². The molecule has 44 heavy (non-hydrogen) atoms. The number of anilines is 1. The fraction of sp³-hybridized carbons (Fsp3) is 0.552. The number of nitrogens with one attached hydrogen (secondary N) is 1. The number of ether oxygens (including phenoxy) is 1. The molecule has 1 amide bonds. The number of alkyl halides is 3. The van der Waals surface area contributed by atoms with Crippen LogP contribution in [0.2, 0.25) is 0 Å². The van der Waals surface area contributed by atoms with E-state index in [1.54, 1.807) is 6.07 Å². The van der Waals surface area contributed by atoms with Crippen LogP contribution in [0.1, 0.15) is 59.8 Å². The van der Waals surface area contributed by atoms with Gasteiger partial charge in [0, 0.05) is 52.2 Å². The fourth-order valence-corrected chi connectivity index (χ4v) is 6.65. The molecule has 3 aliphatic rings. The summed E-state index contributed by atoms with van der Waals surface area (Å²) >= 11 is 0. The Hall–Kier alpha value is -3.27. The average Bonchev–Trinajstić information content (AvgIpc) is 3.34. The summed E-state index contributed by atoms with van der Waals surface area (Å²) in [6.07, 6.45) is -0.0289. The molecule has 1 N–H and O–H groups in total. The first kappa shape index (κ1) is 30.7. The molecule has 3 fully saturated rings. The SMILES string of the molecule is CN(C)S(=O)(=O)NC(=O)c1cc(N2CCC(N3CCOCC3)CC2)c2c(C3CCC3)nn(-c3cccc(C(F)(F)F)c3)c2n1. The van der Waals surface area contributed by atoms with Crippen molar-refractivity contribution in [3.05, 3.63) is 47.3 Å². The summed E-state index contributed by atoms with van der Waals surface area (Å²) in [5.41, 5.74) is 0.781. The Kier molecular flexibility index (Phi) is 8.32.